The fourth-order valence-corrected chi connectivity index (χ4v) is 1.72. The van der Waals surface area contributed by atoms with Crippen LogP contribution in [0.15, 0.2) is 12.1 Å². The van der Waals surface area contributed by atoms with Gasteiger partial charge >= 0.3 is 0 Å². The second-order valence-electron chi connectivity index (χ2n) is 4.78. The van der Waals surface area contributed by atoms with Crippen molar-refractivity contribution in [2.24, 2.45) is 5.73 Å². The van der Waals surface area contributed by atoms with E-state index in [4.69, 9.17) is 15.2 Å². The van der Waals surface area contributed by atoms with Crippen molar-refractivity contribution >= 4 is 0 Å². The van der Waals surface area contributed by atoms with Gasteiger partial charge in [0.2, 0.25) is 0 Å². The minimum Gasteiger partial charge on any atom is -0.497 e. The van der Waals surface area contributed by atoms with Crippen LogP contribution in [0.1, 0.15) is 25.0 Å². The van der Waals surface area contributed by atoms with Crippen LogP contribution >= 0.6 is 0 Å². The van der Waals surface area contributed by atoms with Gasteiger partial charge in [-0.25, -0.2) is 0 Å². The van der Waals surface area contributed by atoms with Gasteiger partial charge in [-0.15, -0.1) is 0 Å². The summed E-state index contributed by atoms with van der Waals surface area (Å²) >= 11 is 0. The minimum absolute atomic E-state index is 0.234. The van der Waals surface area contributed by atoms with Crippen LogP contribution in [0, 0.1) is 6.92 Å². The number of methoxy groups -OCH3 is 2. The summed E-state index contributed by atoms with van der Waals surface area (Å²) in [6, 6.07) is 3.91. The molecule has 0 saturated carbocycles. The first kappa shape index (κ1) is 12.8. The molecule has 1 rings (SSSR count). The molecule has 0 amide bonds. The highest BCUT2D eigenvalue weighted by molar-refractivity contribution is 5.46. The smallest absolute Gasteiger partial charge is 0.125 e. The molecule has 0 fully saturated rings. The molecule has 0 unspecified atom stereocenters. The number of hydrogen-bond donors (Lipinski definition) is 1. The average molecular weight is 223 g/mol. The number of ether oxygens (including phenoxy) is 2. The van der Waals surface area contributed by atoms with Crippen LogP contribution in [0.25, 0.3) is 0 Å². The molecule has 0 bridgehead atoms. The summed E-state index contributed by atoms with van der Waals surface area (Å²) in [4.78, 5) is 0. The molecular weight excluding hydrogens is 202 g/mol. The largest absolute Gasteiger partial charge is 0.497 e. The van der Waals surface area contributed by atoms with Crippen molar-refractivity contribution in [3.63, 3.8) is 0 Å². The first-order valence-electron chi connectivity index (χ1n) is 5.38. The van der Waals surface area contributed by atoms with Crippen LogP contribution in [0.2, 0.25) is 0 Å². The standard InChI is InChI=1S/C13H21NO2/c1-9-10(8-13(2,3)14)6-11(15-4)7-12(9)16-5/h6-7H,8,14H2,1-5H3. The Morgan fingerprint density at radius 3 is 2.25 bits per heavy atom. The van der Waals surface area contributed by atoms with Gasteiger partial charge in [0.15, 0.2) is 0 Å². The first-order valence-corrected chi connectivity index (χ1v) is 5.38. The maximum absolute atomic E-state index is 6.04. The highest BCUT2D eigenvalue weighted by Crippen LogP contribution is 2.29. The van der Waals surface area contributed by atoms with Crippen molar-refractivity contribution in [3.05, 3.63) is 23.3 Å². The van der Waals surface area contributed by atoms with Gasteiger partial charge in [-0.2, -0.15) is 0 Å². The van der Waals surface area contributed by atoms with Crippen LogP contribution < -0.4 is 15.2 Å². The Labute approximate surface area is 97.6 Å². The molecule has 2 N–H and O–H groups in total. The van der Waals surface area contributed by atoms with Crippen LogP contribution in [-0.2, 0) is 6.42 Å². The molecule has 0 aliphatic heterocycles. The van der Waals surface area contributed by atoms with E-state index >= 15 is 0 Å². The molecule has 0 spiro atoms. The predicted molar refractivity (Wildman–Crippen MR) is 66.3 cm³/mol. The van der Waals surface area contributed by atoms with Crippen molar-refractivity contribution in [2.75, 3.05) is 14.2 Å². The molecule has 16 heavy (non-hydrogen) atoms. The third-order valence-corrected chi connectivity index (χ3v) is 2.54. The van der Waals surface area contributed by atoms with E-state index in [2.05, 4.69) is 0 Å². The quantitative estimate of drug-likeness (QED) is 0.851. The van der Waals surface area contributed by atoms with Gasteiger partial charge in [0.1, 0.15) is 11.5 Å². The summed E-state index contributed by atoms with van der Waals surface area (Å²) in [6.07, 6.45) is 0.798. The van der Waals surface area contributed by atoms with Gasteiger partial charge in [0, 0.05) is 11.6 Å². The molecule has 1 aromatic rings. The zero-order chi connectivity index (χ0) is 12.3. The number of nitrogens with two attached hydrogens (primary N) is 1. The first-order chi connectivity index (χ1) is 7.37. The summed E-state index contributed by atoms with van der Waals surface area (Å²) in [6.45, 7) is 6.07. The van der Waals surface area contributed by atoms with Crippen molar-refractivity contribution in [2.45, 2.75) is 32.7 Å². The molecule has 90 valence electrons. The van der Waals surface area contributed by atoms with Crippen molar-refractivity contribution in [3.8, 4) is 11.5 Å². The summed E-state index contributed by atoms with van der Waals surface area (Å²) in [7, 11) is 3.32. The van der Waals surface area contributed by atoms with E-state index in [1.807, 2.05) is 32.9 Å². The van der Waals surface area contributed by atoms with Crippen LogP contribution in [0.3, 0.4) is 0 Å². The lowest BCUT2D eigenvalue weighted by Crippen LogP contribution is -2.34. The lowest BCUT2D eigenvalue weighted by molar-refractivity contribution is 0.390. The fraction of sp³-hybridized carbons (Fsp3) is 0.538. The molecule has 0 radical (unpaired) electrons. The second kappa shape index (κ2) is 4.74. The fourth-order valence-electron chi connectivity index (χ4n) is 1.72. The minimum atomic E-state index is -0.234. The summed E-state index contributed by atoms with van der Waals surface area (Å²) in [5.74, 6) is 1.65. The van der Waals surface area contributed by atoms with Gasteiger partial charge in [-0.1, -0.05) is 0 Å². The zero-order valence-electron chi connectivity index (χ0n) is 10.8. The monoisotopic (exact) mass is 223 g/mol. The van der Waals surface area contributed by atoms with Crippen LogP contribution in [-0.4, -0.2) is 19.8 Å². The van der Waals surface area contributed by atoms with E-state index in [0.717, 1.165) is 23.5 Å². The predicted octanol–water partition coefficient (Wildman–Crippen LogP) is 2.29. The number of hydrogen-bond acceptors (Lipinski definition) is 3. The molecular formula is C13H21NO2. The van der Waals surface area contributed by atoms with Gasteiger partial charge in [-0.3, -0.25) is 0 Å². The van der Waals surface area contributed by atoms with Gasteiger partial charge in [0.05, 0.1) is 14.2 Å². The van der Waals surface area contributed by atoms with E-state index in [1.54, 1.807) is 14.2 Å². The van der Waals surface area contributed by atoms with Gasteiger partial charge in [0.25, 0.3) is 0 Å². The molecule has 0 saturated heterocycles. The van der Waals surface area contributed by atoms with E-state index in [-0.39, 0.29) is 5.54 Å². The Hall–Kier alpha value is -1.22. The second-order valence-corrected chi connectivity index (χ2v) is 4.78. The summed E-state index contributed by atoms with van der Waals surface area (Å²) in [5, 5.41) is 0. The van der Waals surface area contributed by atoms with E-state index in [1.165, 1.54) is 5.56 Å². The topological polar surface area (TPSA) is 44.5 Å². The molecule has 3 nitrogen and oxygen atoms in total. The Balaban J connectivity index is 3.16. The van der Waals surface area contributed by atoms with E-state index < -0.39 is 0 Å². The number of benzene rings is 1. The highest BCUT2D eigenvalue weighted by atomic mass is 16.5. The number of rotatable bonds is 4. The molecule has 0 heterocycles. The van der Waals surface area contributed by atoms with Gasteiger partial charge < -0.3 is 15.2 Å². The molecule has 0 aromatic heterocycles. The third kappa shape index (κ3) is 3.14. The van der Waals surface area contributed by atoms with E-state index in [0.29, 0.717) is 0 Å². The van der Waals surface area contributed by atoms with Crippen molar-refractivity contribution < 1.29 is 9.47 Å². The lowest BCUT2D eigenvalue weighted by Gasteiger charge is -2.21. The lowest BCUT2D eigenvalue weighted by atomic mass is 9.93. The maximum Gasteiger partial charge on any atom is 0.125 e. The van der Waals surface area contributed by atoms with Crippen molar-refractivity contribution in [1.82, 2.24) is 0 Å². The Morgan fingerprint density at radius 1 is 1.19 bits per heavy atom. The van der Waals surface area contributed by atoms with E-state index in [9.17, 15) is 0 Å². The molecule has 0 aliphatic rings. The molecule has 0 aliphatic carbocycles. The summed E-state index contributed by atoms with van der Waals surface area (Å²) in [5.41, 5.74) is 8.10. The SMILES string of the molecule is COc1cc(CC(C)(C)N)c(C)c(OC)c1. The normalized spacial score (nSPS) is 11.4. The maximum atomic E-state index is 6.04. The van der Waals surface area contributed by atoms with Crippen LogP contribution in [0.4, 0.5) is 0 Å². The Kier molecular flexibility index (Phi) is 3.81. The highest BCUT2D eigenvalue weighted by Gasteiger charge is 2.16. The van der Waals surface area contributed by atoms with Crippen LogP contribution in [0.5, 0.6) is 11.5 Å². The zero-order valence-corrected chi connectivity index (χ0v) is 10.8. The molecule has 0 atom stereocenters. The Morgan fingerprint density at radius 2 is 1.81 bits per heavy atom. The molecule has 3 heteroatoms. The van der Waals surface area contributed by atoms with Gasteiger partial charge in [-0.05, 0) is 44.4 Å². The third-order valence-electron chi connectivity index (χ3n) is 2.54. The summed E-state index contributed by atoms with van der Waals surface area (Å²) < 4.78 is 10.6. The molecule has 1 aromatic carbocycles. The van der Waals surface area contributed by atoms with Crippen molar-refractivity contribution in [1.29, 1.82) is 0 Å². The Bertz CT molecular complexity index is 367. The average Bonchev–Trinajstić information content (AvgIpc) is 2.19.